The van der Waals surface area contributed by atoms with Gasteiger partial charge in [0.25, 0.3) is 0 Å². The van der Waals surface area contributed by atoms with Crippen LogP contribution in [0.5, 0.6) is 11.5 Å². The highest BCUT2D eigenvalue weighted by Gasteiger charge is 2.32. The molecule has 3 aromatic heterocycles. The maximum absolute atomic E-state index is 13.2. The standard InChI is InChI=1S/C60H47F6NO3/c1-33(2)37-19-26-49-52(31-37)67-53-32-41-28-38(34(3)36-17-23-44(24-18-36)70-60(64,65)66)15-16-39(41)30-50(53)46-25-20-40(54(49)55(46)67)29-42(27-35-13-21-43(22-14-35)69-59(61,62)63)45-9-7-10-47-48-11-8-12-51(58(4,5)6)57(48)68-56(45)47/h7-28,30-34H,29H2,1-6H3/b42-27-. The molecule has 1 unspecified atom stereocenters. The first-order chi connectivity index (χ1) is 33.3. The molecule has 0 saturated heterocycles. The van der Waals surface area contributed by atoms with Crippen LogP contribution in [0.15, 0.2) is 150 Å². The van der Waals surface area contributed by atoms with Gasteiger partial charge < -0.3 is 18.3 Å². The molecule has 0 saturated carbocycles. The fraction of sp³-hybridized carbons (Fsp3) is 0.200. The van der Waals surface area contributed by atoms with E-state index >= 15 is 0 Å². The highest BCUT2D eigenvalue weighted by Crippen LogP contribution is 2.46. The Morgan fingerprint density at radius 2 is 1.19 bits per heavy atom. The second-order valence-corrected chi connectivity index (χ2v) is 19.8. The molecule has 0 aliphatic heterocycles. The highest BCUT2D eigenvalue weighted by atomic mass is 19.4. The SMILES string of the molecule is CC(C)c1ccc2c3c(C/C(=C/c4ccc(OC(F)(F)F)cc4)c4cccc5c4oc4c(C(C)(C)C)cccc45)ccc4c5cc6ccc(C(C)c7ccc(OC(F)(F)F)cc7)cc6cc5n(c2c1)c43. The largest absolute Gasteiger partial charge is 0.573 e. The third-order valence-corrected chi connectivity index (χ3v) is 13.8. The van der Waals surface area contributed by atoms with Crippen molar-refractivity contribution in [1.82, 2.24) is 4.40 Å². The van der Waals surface area contributed by atoms with E-state index in [4.69, 9.17) is 4.42 Å². The van der Waals surface area contributed by atoms with E-state index in [9.17, 15) is 26.3 Å². The summed E-state index contributed by atoms with van der Waals surface area (Å²) in [6, 6.07) is 46.4. The molecule has 352 valence electrons. The van der Waals surface area contributed by atoms with E-state index in [-0.39, 0.29) is 28.7 Å². The van der Waals surface area contributed by atoms with Crippen LogP contribution < -0.4 is 9.47 Å². The van der Waals surface area contributed by atoms with Crippen LogP contribution in [0.2, 0.25) is 0 Å². The molecule has 11 rings (SSSR count). The van der Waals surface area contributed by atoms with E-state index in [1.165, 1.54) is 29.8 Å². The van der Waals surface area contributed by atoms with Crippen molar-refractivity contribution in [2.45, 2.75) is 77.9 Å². The van der Waals surface area contributed by atoms with Gasteiger partial charge in [0.15, 0.2) is 0 Å². The number of hydrogen-bond acceptors (Lipinski definition) is 3. The lowest BCUT2D eigenvalue weighted by Crippen LogP contribution is -2.17. The van der Waals surface area contributed by atoms with Crippen LogP contribution in [-0.4, -0.2) is 17.1 Å². The quantitative estimate of drug-likeness (QED) is 0.107. The van der Waals surface area contributed by atoms with Crippen LogP contribution in [0.3, 0.4) is 0 Å². The number of rotatable bonds is 9. The molecule has 8 aromatic carbocycles. The zero-order valence-corrected chi connectivity index (χ0v) is 39.2. The molecule has 0 spiro atoms. The van der Waals surface area contributed by atoms with Gasteiger partial charge in [-0.2, -0.15) is 0 Å². The first kappa shape index (κ1) is 45.0. The van der Waals surface area contributed by atoms with Crippen molar-refractivity contribution in [2.75, 3.05) is 0 Å². The van der Waals surface area contributed by atoms with Crippen LogP contribution in [-0.2, 0) is 11.8 Å². The summed E-state index contributed by atoms with van der Waals surface area (Å²) < 4.78 is 96.0. The number of ether oxygens (including phenoxy) is 2. The van der Waals surface area contributed by atoms with E-state index < -0.39 is 12.7 Å². The van der Waals surface area contributed by atoms with Crippen molar-refractivity contribution in [3.05, 3.63) is 185 Å². The summed E-state index contributed by atoms with van der Waals surface area (Å²) in [7, 11) is 0. The van der Waals surface area contributed by atoms with Gasteiger partial charge in [0.05, 0.1) is 16.6 Å². The maximum atomic E-state index is 13.2. The van der Waals surface area contributed by atoms with Crippen molar-refractivity contribution >= 4 is 82.5 Å². The van der Waals surface area contributed by atoms with Gasteiger partial charge in [-0.05, 0) is 104 Å². The van der Waals surface area contributed by atoms with Crippen molar-refractivity contribution < 1.29 is 40.2 Å². The number of benzene rings is 8. The van der Waals surface area contributed by atoms with Gasteiger partial charge in [0.2, 0.25) is 0 Å². The smallest absolute Gasteiger partial charge is 0.455 e. The number of allylic oxidation sites excluding steroid dienone is 1. The van der Waals surface area contributed by atoms with E-state index in [0.717, 1.165) is 104 Å². The Morgan fingerprint density at radius 3 is 1.86 bits per heavy atom. The monoisotopic (exact) mass is 943 g/mol. The van der Waals surface area contributed by atoms with Crippen molar-refractivity contribution in [3.8, 4) is 11.5 Å². The number of hydrogen-bond donors (Lipinski definition) is 0. The first-order valence-corrected chi connectivity index (χ1v) is 23.3. The molecule has 0 amide bonds. The molecule has 0 N–H and O–H groups in total. The summed E-state index contributed by atoms with van der Waals surface area (Å²) in [6.45, 7) is 12.9. The van der Waals surface area contributed by atoms with Gasteiger partial charge in [-0.15, -0.1) is 26.3 Å². The van der Waals surface area contributed by atoms with Crippen molar-refractivity contribution in [3.63, 3.8) is 0 Å². The number of halogens is 6. The number of furan rings is 1. The van der Waals surface area contributed by atoms with Crippen molar-refractivity contribution in [2.24, 2.45) is 0 Å². The van der Waals surface area contributed by atoms with E-state index in [1.807, 2.05) is 19.1 Å². The van der Waals surface area contributed by atoms with E-state index in [1.54, 1.807) is 24.3 Å². The number of nitrogens with zero attached hydrogens (tertiary/aromatic N) is 1. The summed E-state index contributed by atoms with van der Waals surface area (Å²) in [6.07, 6.45) is -7.08. The van der Waals surface area contributed by atoms with Gasteiger partial charge in [-0.25, -0.2) is 0 Å². The Balaban J connectivity index is 1.09. The molecular weight excluding hydrogens is 897 g/mol. The van der Waals surface area contributed by atoms with E-state index in [0.29, 0.717) is 12.0 Å². The Bertz CT molecular complexity index is 3850. The Morgan fingerprint density at radius 1 is 0.571 bits per heavy atom. The summed E-state index contributed by atoms with van der Waals surface area (Å²) in [5.41, 5.74) is 12.4. The number of aromatic nitrogens is 1. The molecule has 0 bridgehead atoms. The second-order valence-electron chi connectivity index (χ2n) is 19.8. The normalized spacial score (nSPS) is 13.6. The molecule has 70 heavy (non-hydrogen) atoms. The second kappa shape index (κ2) is 16.3. The lowest BCUT2D eigenvalue weighted by molar-refractivity contribution is -0.275. The molecule has 1 atom stereocenters. The minimum atomic E-state index is -4.81. The van der Waals surface area contributed by atoms with E-state index in [2.05, 4.69) is 139 Å². The molecule has 0 aliphatic carbocycles. The van der Waals surface area contributed by atoms with Gasteiger partial charge in [0.1, 0.15) is 22.7 Å². The zero-order valence-electron chi connectivity index (χ0n) is 39.2. The van der Waals surface area contributed by atoms with Crippen LogP contribution >= 0.6 is 0 Å². The van der Waals surface area contributed by atoms with Crippen LogP contribution in [0.4, 0.5) is 26.3 Å². The fourth-order valence-corrected chi connectivity index (χ4v) is 10.4. The molecule has 3 heterocycles. The molecule has 11 aromatic rings. The van der Waals surface area contributed by atoms with Gasteiger partial charge in [0, 0.05) is 49.4 Å². The zero-order chi connectivity index (χ0) is 49.0. The molecule has 4 nitrogen and oxygen atoms in total. The summed E-state index contributed by atoms with van der Waals surface area (Å²) in [4.78, 5) is 0. The third-order valence-electron chi connectivity index (χ3n) is 13.8. The maximum Gasteiger partial charge on any atom is 0.573 e. The summed E-state index contributed by atoms with van der Waals surface area (Å²) in [5.74, 6) is -0.389. The minimum absolute atomic E-state index is 0.107. The predicted octanol–water partition coefficient (Wildman–Crippen LogP) is 18.0. The van der Waals surface area contributed by atoms with Crippen molar-refractivity contribution in [1.29, 1.82) is 0 Å². The van der Waals surface area contributed by atoms with Gasteiger partial charge >= 0.3 is 12.7 Å². The molecular formula is C60H47F6NO3. The molecule has 0 radical (unpaired) electrons. The first-order valence-electron chi connectivity index (χ1n) is 23.3. The number of para-hydroxylation sites is 2. The number of alkyl halides is 6. The number of fused-ring (bicyclic) bond motifs is 10. The predicted molar refractivity (Wildman–Crippen MR) is 270 cm³/mol. The lowest BCUT2D eigenvalue weighted by atomic mass is 9.86. The fourth-order valence-electron chi connectivity index (χ4n) is 10.4. The Hall–Kier alpha value is -7.46. The lowest BCUT2D eigenvalue weighted by Gasteiger charge is -2.18. The molecule has 0 aliphatic rings. The van der Waals surface area contributed by atoms with Crippen LogP contribution in [0.25, 0.3) is 82.5 Å². The van der Waals surface area contributed by atoms with Gasteiger partial charge in [-0.3, -0.25) is 0 Å². The van der Waals surface area contributed by atoms with Gasteiger partial charge in [-0.1, -0.05) is 151 Å². The Kier molecular flexibility index (Phi) is 10.5. The average molecular weight is 944 g/mol. The summed E-state index contributed by atoms with van der Waals surface area (Å²) in [5, 5.41) is 8.52. The van der Waals surface area contributed by atoms with Crippen LogP contribution in [0.1, 0.15) is 92.3 Å². The van der Waals surface area contributed by atoms with Crippen LogP contribution in [0, 0.1) is 0 Å². The molecule has 0 fully saturated rings. The minimum Gasteiger partial charge on any atom is -0.455 e. The average Bonchev–Trinajstić information content (AvgIpc) is 3.97. The topological polar surface area (TPSA) is 36.0 Å². The Labute approximate surface area is 399 Å². The highest BCUT2D eigenvalue weighted by molar-refractivity contribution is 6.26. The third kappa shape index (κ3) is 8.02. The molecule has 10 heteroatoms. The summed E-state index contributed by atoms with van der Waals surface area (Å²) >= 11 is 0.